The number of benzene rings is 2. The number of ether oxygens (including phenoxy) is 3. The summed E-state index contributed by atoms with van der Waals surface area (Å²) in [5.74, 6) is -4.09. The van der Waals surface area contributed by atoms with Gasteiger partial charge in [0.15, 0.2) is 5.70 Å². The third-order valence-electron chi connectivity index (χ3n) is 15.0. The lowest BCUT2D eigenvalue weighted by atomic mass is 9.97. The predicted molar refractivity (Wildman–Crippen MR) is 354 cm³/mol. The first-order valence-electron chi connectivity index (χ1n) is 28.8. The highest BCUT2D eigenvalue weighted by Gasteiger charge is 2.63. The van der Waals surface area contributed by atoms with Gasteiger partial charge in [-0.25, -0.2) is 9.59 Å². The van der Waals surface area contributed by atoms with Gasteiger partial charge >= 0.3 is 34.4 Å². The van der Waals surface area contributed by atoms with Crippen LogP contribution in [0.4, 0.5) is 11.4 Å². The molecule has 31 heteroatoms. The number of hydrogen-bond donors (Lipinski definition) is 2. The molecule has 504 valence electrons. The van der Waals surface area contributed by atoms with Crippen LogP contribution in [-0.2, 0) is 52.6 Å². The van der Waals surface area contributed by atoms with E-state index in [1.54, 1.807) is 72.3 Å². The van der Waals surface area contributed by atoms with Crippen LogP contribution in [0.1, 0.15) is 112 Å². The maximum absolute atomic E-state index is 13.6. The first-order valence-corrected chi connectivity index (χ1v) is 31.9. The number of β-amino-alcohol motifs (C(OH)–C–C–N with tert-alkyl or cyclic N) is 1. The van der Waals surface area contributed by atoms with Crippen molar-refractivity contribution in [2.45, 2.75) is 115 Å². The summed E-state index contributed by atoms with van der Waals surface area (Å²) in [5.41, 5.74) is 2.47. The molecule has 0 aromatic heterocycles. The molecule has 92 heavy (non-hydrogen) atoms. The average Bonchev–Trinajstić information content (AvgIpc) is 1.60. The van der Waals surface area contributed by atoms with E-state index >= 15 is 0 Å². The zero-order valence-electron chi connectivity index (χ0n) is 51.6. The molecular formula is C61H78BCl4IN6O19. The van der Waals surface area contributed by atoms with Crippen molar-refractivity contribution in [3.05, 3.63) is 131 Å². The molecule has 2 saturated heterocycles. The molecule has 2 N–H and O–H groups in total. The molecule has 2 aromatic carbocycles. The van der Waals surface area contributed by atoms with Crippen LogP contribution in [0.15, 0.2) is 99.2 Å². The Labute approximate surface area is 569 Å². The van der Waals surface area contributed by atoms with Gasteiger partial charge in [-0.05, 0) is 125 Å². The van der Waals surface area contributed by atoms with E-state index in [-0.39, 0.29) is 115 Å². The summed E-state index contributed by atoms with van der Waals surface area (Å²) >= 11 is 20.2. The van der Waals surface area contributed by atoms with Crippen molar-refractivity contribution < 1.29 is 82.2 Å². The molecule has 0 unspecified atom stereocenters. The molecular weight excluding hydrogens is 1400 g/mol. The van der Waals surface area contributed by atoms with Crippen molar-refractivity contribution in [2.75, 3.05) is 58.8 Å². The highest BCUT2D eigenvalue weighted by atomic mass is 127. The normalized spacial score (nSPS) is 20.8. The number of hydrogen-bond acceptors (Lipinski definition) is 18. The zero-order chi connectivity index (χ0) is 70.1. The third-order valence-corrected chi connectivity index (χ3v) is 15.4. The fourth-order valence-electron chi connectivity index (χ4n) is 9.98. The lowest BCUT2D eigenvalue weighted by Gasteiger charge is -2.29. The van der Waals surface area contributed by atoms with Crippen molar-refractivity contribution in [1.82, 2.24) is 19.6 Å². The van der Waals surface area contributed by atoms with Crippen molar-refractivity contribution >= 4 is 144 Å². The molecule has 8 atom stereocenters. The quantitative estimate of drug-likeness (QED) is 0.00684. The lowest BCUT2D eigenvalue weighted by molar-refractivity contribution is -0.385. The van der Waals surface area contributed by atoms with Gasteiger partial charge in [0, 0.05) is 83.7 Å². The summed E-state index contributed by atoms with van der Waals surface area (Å²) < 4.78 is 16.0. The number of non-ortho nitro benzene ring substituents is 2. The van der Waals surface area contributed by atoms with Crippen LogP contribution in [0.25, 0.3) is 0 Å². The Kier molecular flexibility index (Phi) is 38.4. The molecule has 2 heterocycles. The van der Waals surface area contributed by atoms with Crippen LogP contribution >= 0.6 is 68.8 Å². The number of allylic oxidation sites excluding steroid dienone is 4. The number of halogens is 5. The van der Waals surface area contributed by atoms with Gasteiger partial charge in [-0.15, -0.1) is 49.5 Å². The fraction of sp³-hybridized carbons (Fsp3) is 0.508. The van der Waals surface area contributed by atoms with E-state index in [2.05, 4.69) is 55.2 Å². The number of carbonyl (C=O) groups is 10. The maximum Gasteiger partial charge on any atom is 0.338 e. The number of rotatable bonds is 28. The molecule has 4 fully saturated rings. The minimum Gasteiger partial charge on any atom is -0.478 e. The highest BCUT2D eigenvalue weighted by molar-refractivity contribution is 14.1. The summed E-state index contributed by atoms with van der Waals surface area (Å²) in [6.45, 7) is 19.9. The van der Waals surface area contributed by atoms with E-state index in [9.17, 15) is 73.3 Å². The number of amides is 4. The van der Waals surface area contributed by atoms with Gasteiger partial charge in [-0.2, -0.15) is 22.4 Å². The van der Waals surface area contributed by atoms with Crippen LogP contribution in [0, 0.1) is 42.9 Å². The summed E-state index contributed by atoms with van der Waals surface area (Å²) in [7, 11) is 3.39. The van der Waals surface area contributed by atoms with Gasteiger partial charge in [-0.3, -0.25) is 58.6 Å². The van der Waals surface area contributed by atoms with E-state index in [1.165, 1.54) is 46.2 Å². The summed E-state index contributed by atoms with van der Waals surface area (Å²) in [6.07, 6.45) is 11.8. The summed E-state index contributed by atoms with van der Waals surface area (Å²) in [4.78, 5) is 146. The van der Waals surface area contributed by atoms with Crippen LogP contribution in [-0.4, -0.2) is 186 Å². The monoisotopic (exact) mass is 1480 g/mol. The van der Waals surface area contributed by atoms with E-state index in [0.29, 0.717) is 25.9 Å². The second-order valence-corrected chi connectivity index (χ2v) is 22.6. The molecule has 4 aliphatic rings. The van der Waals surface area contributed by atoms with E-state index in [0.717, 1.165) is 50.7 Å². The number of carboxylic acids is 1. The molecule has 2 aliphatic carbocycles. The van der Waals surface area contributed by atoms with Gasteiger partial charge in [0.2, 0.25) is 23.6 Å². The molecule has 2 saturated carbocycles. The number of likely N-dealkylation sites (tertiary alicyclic amines) is 2. The molecule has 25 nitrogen and oxygen atoms in total. The third kappa shape index (κ3) is 26.0. The number of carbonyl (C=O) groups excluding carboxylic acids is 9. The SMILES string of the molecule is C=CCCCCN(C)C(=O)[C@@H]1C[C@@H](O)CN1C(=O)C[C@]1(C(=O)OCC)C[C@H]1C=C.C=CCCCCN(C)C(=O)[C@@H]1C[C@@H](OC(=O)c2ccc([N+](=O)[O-])cc2)CN1C(=O)C[C@]1(C(=O)OCC)C[C@H]1C=C.ClCCl.O=C(Cl)C(=O)Cl.O=C(O)c1ccc([N+](=O)[O-])cc1.[B]I. The first kappa shape index (κ1) is 83.2. The number of aliphatic hydroxyl groups is 1. The lowest BCUT2D eigenvalue weighted by Crippen LogP contribution is -2.47. The van der Waals surface area contributed by atoms with Gasteiger partial charge in [-0.1, -0.05) is 24.3 Å². The van der Waals surface area contributed by atoms with E-state index < -0.39 is 79.3 Å². The number of aromatic carboxylic acids is 1. The highest BCUT2D eigenvalue weighted by Crippen LogP contribution is 2.58. The maximum atomic E-state index is 13.6. The number of nitro benzene ring substituents is 2. The average molecular weight is 1480 g/mol. The minimum absolute atomic E-state index is 0.0179. The number of nitro groups is 2. The number of carboxylic acid groups (broad SMARTS) is 1. The van der Waals surface area contributed by atoms with E-state index in [1.807, 2.05) is 12.2 Å². The first-order chi connectivity index (χ1) is 43.5. The Morgan fingerprint density at radius 1 is 0.663 bits per heavy atom. The Morgan fingerprint density at radius 3 is 1.36 bits per heavy atom. The Morgan fingerprint density at radius 2 is 1.03 bits per heavy atom. The summed E-state index contributed by atoms with van der Waals surface area (Å²) in [6, 6.07) is 8.14. The second kappa shape index (κ2) is 42.4. The smallest absolute Gasteiger partial charge is 0.338 e. The van der Waals surface area contributed by atoms with Crippen molar-refractivity contribution in [3.8, 4) is 0 Å². The molecule has 2 aromatic rings. The molecule has 4 amide bonds. The number of unbranched alkanes of at least 4 members (excludes halogenated alkanes) is 4. The van der Waals surface area contributed by atoms with Crippen LogP contribution in [0.5, 0.6) is 0 Å². The standard InChI is InChI=1S/C29H37N3O8.C22H34N2O5.C7H5NO4.C2Cl2O2.CH2Cl2.BI/c1-5-8-9-10-15-30(4)26(34)24-16-23(40-27(35)20-11-13-22(14-12-20)32(37)38)19-31(24)25(33)18-29(17-21(29)6-2)28(36)39-7-3;1-5-8-9-10-11-23(4)20(27)18-12-17(25)15-24(18)19(26)14-22(13-16(22)6-2)21(28)29-7-3;9-7(10)5-1-3-6(4-2-5)8(11)12;3-1(5)2(4)6;2-1-3;1-2/h5-6,11-14,21,23-24H,1-2,7-10,15-19H2,3-4H3;5-6,16-18,25H,1-2,7-15H2,3-4H3;1-4H,(H,9,10);;1H2;/t21-,23-,24+,29-;16-,17-,18+,22-;;;;/m11..../s1. The van der Waals surface area contributed by atoms with Gasteiger partial charge in [0.1, 0.15) is 18.2 Å². The number of nitrogens with zero attached hydrogens (tertiary/aromatic N) is 6. The predicted octanol–water partition coefficient (Wildman–Crippen LogP) is 9.33. The van der Waals surface area contributed by atoms with E-state index in [4.69, 9.17) is 42.5 Å². The molecule has 6 rings (SSSR count). The van der Waals surface area contributed by atoms with Crippen LogP contribution in [0.2, 0.25) is 0 Å². The second-order valence-electron chi connectivity index (χ2n) is 21.1. The topological polar surface area (TPSA) is 338 Å². The summed E-state index contributed by atoms with van der Waals surface area (Å²) in [5, 5.41) is 37.5. The van der Waals surface area contributed by atoms with Gasteiger partial charge in [0.25, 0.3) is 11.4 Å². The number of aliphatic hydroxyl groups excluding tert-OH is 1. The molecule has 0 spiro atoms. The Hall–Kier alpha value is -6.79. The van der Waals surface area contributed by atoms with Gasteiger partial charge < -0.3 is 44.0 Å². The molecule has 0 bridgehead atoms. The van der Waals surface area contributed by atoms with Crippen molar-refractivity contribution in [1.29, 1.82) is 0 Å². The van der Waals surface area contributed by atoms with Crippen LogP contribution < -0.4 is 0 Å². The minimum atomic E-state index is -1.14. The number of esters is 3. The largest absolute Gasteiger partial charge is 0.478 e. The van der Waals surface area contributed by atoms with Crippen LogP contribution in [0.3, 0.4) is 0 Å². The van der Waals surface area contributed by atoms with Gasteiger partial charge in [0.05, 0.1) is 63.0 Å². The number of likely N-dealkylation sites (N-methyl/N-ethyl adjacent to an activating group) is 2. The van der Waals surface area contributed by atoms with Crippen molar-refractivity contribution in [3.63, 3.8) is 0 Å². The fourth-order valence-corrected chi connectivity index (χ4v) is 9.98. The molecule has 2 radical (unpaired) electrons. The Bertz CT molecular complexity index is 2870. The zero-order valence-corrected chi connectivity index (χ0v) is 56.8. The Balaban J connectivity index is 0.000000702. The molecule has 2 aliphatic heterocycles. The number of alkyl halides is 2. The van der Waals surface area contributed by atoms with Crippen molar-refractivity contribution in [2.24, 2.45) is 22.7 Å².